The Morgan fingerprint density at radius 3 is 2.42 bits per heavy atom. The summed E-state index contributed by atoms with van der Waals surface area (Å²) in [4.78, 5) is 2.51. The van der Waals surface area contributed by atoms with Gasteiger partial charge in [-0.3, -0.25) is 9.58 Å². The first kappa shape index (κ1) is 17.2. The highest BCUT2D eigenvalue weighted by molar-refractivity contribution is 5.24. The Balaban J connectivity index is 1.59. The molecule has 1 aromatic heterocycles. The Morgan fingerprint density at radius 2 is 1.83 bits per heavy atom. The van der Waals surface area contributed by atoms with Gasteiger partial charge in [0.15, 0.2) is 0 Å². The fourth-order valence-electron chi connectivity index (χ4n) is 3.84. The van der Waals surface area contributed by atoms with Gasteiger partial charge in [0.2, 0.25) is 0 Å². The molecular formula is C20H29N3O. The highest BCUT2D eigenvalue weighted by Crippen LogP contribution is 2.31. The second-order valence-electron chi connectivity index (χ2n) is 6.93. The number of hydrogen-bond acceptors (Lipinski definition) is 3. The maximum atomic E-state index is 10.6. The Labute approximate surface area is 145 Å². The van der Waals surface area contributed by atoms with Crippen molar-refractivity contribution in [1.82, 2.24) is 14.7 Å². The van der Waals surface area contributed by atoms with Gasteiger partial charge in [-0.05, 0) is 58.2 Å². The summed E-state index contributed by atoms with van der Waals surface area (Å²) in [6.45, 7) is 10.4. The number of aliphatic hydroxyl groups is 1. The molecule has 4 nitrogen and oxygen atoms in total. The molecule has 0 saturated carbocycles. The van der Waals surface area contributed by atoms with E-state index in [0.29, 0.717) is 5.92 Å². The lowest BCUT2D eigenvalue weighted by atomic mass is 9.87. The van der Waals surface area contributed by atoms with E-state index in [1.807, 2.05) is 30.3 Å². The molecule has 0 aliphatic carbocycles. The minimum Gasteiger partial charge on any atom is -0.388 e. The Kier molecular flexibility index (Phi) is 5.36. The van der Waals surface area contributed by atoms with Crippen LogP contribution in [0.3, 0.4) is 0 Å². The Bertz CT molecular complexity index is 657. The summed E-state index contributed by atoms with van der Waals surface area (Å²) in [5.41, 5.74) is 4.87. The van der Waals surface area contributed by atoms with Crippen LogP contribution in [0.2, 0.25) is 0 Å². The van der Waals surface area contributed by atoms with Crippen molar-refractivity contribution in [3.05, 3.63) is 52.8 Å². The van der Waals surface area contributed by atoms with Crippen molar-refractivity contribution in [3.8, 4) is 0 Å². The molecular weight excluding hydrogens is 298 g/mol. The topological polar surface area (TPSA) is 41.3 Å². The molecule has 3 rings (SSSR count). The number of hydrogen-bond donors (Lipinski definition) is 1. The summed E-state index contributed by atoms with van der Waals surface area (Å²) in [5, 5.41) is 15.2. The quantitative estimate of drug-likeness (QED) is 0.914. The smallest absolute Gasteiger partial charge is 0.0819 e. The van der Waals surface area contributed by atoms with Crippen molar-refractivity contribution in [2.24, 2.45) is 5.92 Å². The third kappa shape index (κ3) is 3.55. The molecule has 4 heteroatoms. The van der Waals surface area contributed by atoms with E-state index in [-0.39, 0.29) is 6.10 Å². The Hall–Kier alpha value is -1.65. The number of piperidine rings is 1. The van der Waals surface area contributed by atoms with Crippen molar-refractivity contribution in [1.29, 1.82) is 0 Å². The van der Waals surface area contributed by atoms with Gasteiger partial charge in [0, 0.05) is 24.3 Å². The molecule has 0 bridgehead atoms. The van der Waals surface area contributed by atoms with E-state index in [1.54, 1.807) is 0 Å². The van der Waals surface area contributed by atoms with Gasteiger partial charge in [-0.2, -0.15) is 5.10 Å². The maximum absolute atomic E-state index is 10.6. The summed E-state index contributed by atoms with van der Waals surface area (Å²) < 4.78 is 2.09. The molecule has 2 aromatic rings. The van der Waals surface area contributed by atoms with Crippen molar-refractivity contribution >= 4 is 0 Å². The van der Waals surface area contributed by atoms with Gasteiger partial charge in [0.25, 0.3) is 0 Å². The van der Waals surface area contributed by atoms with E-state index in [1.165, 1.54) is 11.3 Å². The van der Waals surface area contributed by atoms with Crippen LogP contribution in [0, 0.1) is 19.8 Å². The number of rotatable bonds is 5. The maximum Gasteiger partial charge on any atom is 0.0819 e. The molecule has 1 saturated heterocycles. The van der Waals surface area contributed by atoms with E-state index in [0.717, 1.165) is 50.3 Å². The van der Waals surface area contributed by atoms with Crippen molar-refractivity contribution in [3.63, 3.8) is 0 Å². The van der Waals surface area contributed by atoms with Crippen LogP contribution in [-0.2, 0) is 13.1 Å². The fourth-order valence-corrected chi connectivity index (χ4v) is 3.84. The first-order chi connectivity index (χ1) is 11.6. The van der Waals surface area contributed by atoms with Crippen LogP contribution in [0.5, 0.6) is 0 Å². The molecule has 1 fully saturated rings. The minimum absolute atomic E-state index is 0.334. The predicted octanol–water partition coefficient (Wildman–Crippen LogP) is 3.47. The number of aliphatic hydroxyl groups excluding tert-OH is 1. The van der Waals surface area contributed by atoms with Crippen LogP contribution in [-0.4, -0.2) is 32.9 Å². The number of benzene rings is 1. The average Bonchev–Trinajstić information content (AvgIpc) is 2.90. The molecule has 1 unspecified atom stereocenters. The lowest BCUT2D eigenvalue weighted by Gasteiger charge is -2.34. The van der Waals surface area contributed by atoms with E-state index >= 15 is 0 Å². The third-order valence-corrected chi connectivity index (χ3v) is 5.43. The van der Waals surface area contributed by atoms with Crippen LogP contribution in [0.1, 0.15) is 48.4 Å². The zero-order chi connectivity index (χ0) is 17.1. The molecule has 130 valence electrons. The van der Waals surface area contributed by atoms with E-state index in [9.17, 15) is 5.11 Å². The molecule has 1 aliphatic rings. The van der Waals surface area contributed by atoms with E-state index in [4.69, 9.17) is 0 Å². The molecule has 1 atom stereocenters. The lowest BCUT2D eigenvalue weighted by Crippen LogP contribution is -2.35. The molecule has 1 aromatic carbocycles. The van der Waals surface area contributed by atoms with Gasteiger partial charge in [0.05, 0.1) is 11.8 Å². The van der Waals surface area contributed by atoms with Gasteiger partial charge in [-0.25, -0.2) is 0 Å². The van der Waals surface area contributed by atoms with Crippen LogP contribution < -0.4 is 0 Å². The molecule has 1 N–H and O–H groups in total. The minimum atomic E-state index is -0.334. The molecule has 0 amide bonds. The summed E-state index contributed by atoms with van der Waals surface area (Å²) in [5.74, 6) is 0.365. The highest BCUT2D eigenvalue weighted by Gasteiger charge is 2.27. The predicted molar refractivity (Wildman–Crippen MR) is 96.8 cm³/mol. The summed E-state index contributed by atoms with van der Waals surface area (Å²) in [6.07, 6.45) is 1.77. The van der Waals surface area contributed by atoms with Crippen LogP contribution in [0.4, 0.5) is 0 Å². The van der Waals surface area contributed by atoms with Crippen molar-refractivity contribution in [2.75, 3.05) is 13.1 Å². The van der Waals surface area contributed by atoms with Gasteiger partial charge < -0.3 is 5.11 Å². The third-order valence-electron chi connectivity index (χ3n) is 5.43. The zero-order valence-corrected chi connectivity index (χ0v) is 15.1. The molecule has 0 radical (unpaired) electrons. The monoisotopic (exact) mass is 327 g/mol. The number of aromatic nitrogens is 2. The first-order valence-corrected chi connectivity index (χ1v) is 9.08. The average molecular weight is 327 g/mol. The summed E-state index contributed by atoms with van der Waals surface area (Å²) in [7, 11) is 0. The normalized spacial score (nSPS) is 18.0. The Morgan fingerprint density at radius 1 is 1.17 bits per heavy atom. The number of likely N-dealkylation sites (tertiary alicyclic amines) is 1. The van der Waals surface area contributed by atoms with E-state index in [2.05, 4.69) is 35.5 Å². The zero-order valence-electron chi connectivity index (χ0n) is 15.1. The van der Waals surface area contributed by atoms with Crippen molar-refractivity contribution < 1.29 is 5.11 Å². The first-order valence-electron chi connectivity index (χ1n) is 9.08. The van der Waals surface area contributed by atoms with Gasteiger partial charge >= 0.3 is 0 Å². The molecule has 24 heavy (non-hydrogen) atoms. The van der Waals surface area contributed by atoms with Crippen molar-refractivity contribution in [2.45, 2.75) is 52.8 Å². The largest absolute Gasteiger partial charge is 0.388 e. The number of nitrogens with zero attached hydrogens (tertiary/aromatic N) is 3. The second-order valence-corrected chi connectivity index (χ2v) is 6.93. The van der Waals surface area contributed by atoms with Crippen LogP contribution in [0.15, 0.2) is 30.3 Å². The van der Waals surface area contributed by atoms with Gasteiger partial charge in [0.1, 0.15) is 0 Å². The van der Waals surface area contributed by atoms with Crippen LogP contribution >= 0.6 is 0 Å². The molecule has 0 spiro atoms. The highest BCUT2D eigenvalue weighted by atomic mass is 16.3. The number of aryl methyl sites for hydroxylation is 2. The van der Waals surface area contributed by atoms with E-state index < -0.39 is 0 Å². The van der Waals surface area contributed by atoms with Crippen LogP contribution in [0.25, 0.3) is 0 Å². The SMILES string of the molecule is CCn1nc(C)c(CN2CCC(C(O)c3ccccc3)CC2)c1C. The molecule has 2 heterocycles. The lowest BCUT2D eigenvalue weighted by molar-refractivity contribution is 0.0566. The summed E-state index contributed by atoms with van der Waals surface area (Å²) in [6, 6.07) is 10.1. The second kappa shape index (κ2) is 7.49. The van der Waals surface area contributed by atoms with Gasteiger partial charge in [-0.1, -0.05) is 30.3 Å². The molecule has 1 aliphatic heterocycles. The fraction of sp³-hybridized carbons (Fsp3) is 0.550. The summed E-state index contributed by atoms with van der Waals surface area (Å²) >= 11 is 0. The standard InChI is InChI=1S/C20H29N3O/c1-4-23-16(3)19(15(2)21-23)14-22-12-10-18(11-13-22)20(24)17-8-6-5-7-9-17/h5-9,18,20,24H,4,10-14H2,1-3H3. The van der Waals surface area contributed by atoms with Gasteiger partial charge in [-0.15, -0.1) is 0 Å².